The summed E-state index contributed by atoms with van der Waals surface area (Å²) in [5, 5.41) is 17.3. The fraction of sp³-hybridized carbons (Fsp3) is 0.310. The molecule has 5 N–H and O–H groups in total. The summed E-state index contributed by atoms with van der Waals surface area (Å²) in [7, 11) is 0. The molecule has 2 amide bonds. The fourth-order valence-electron chi connectivity index (χ4n) is 4.78. The molecule has 2 atom stereocenters. The number of nitrogens with one attached hydrogen (secondary N) is 2. The van der Waals surface area contributed by atoms with E-state index in [1.165, 1.54) is 42.5 Å². The molecule has 3 heterocycles. The summed E-state index contributed by atoms with van der Waals surface area (Å²) in [6, 6.07) is 10.5. The van der Waals surface area contributed by atoms with Crippen molar-refractivity contribution in [2.75, 3.05) is 18.5 Å². The van der Waals surface area contributed by atoms with Crippen LogP contribution in [0.1, 0.15) is 41.4 Å². The lowest BCUT2D eigenvalue weighted by Crippen LogP contribution is -2.51. The predicted molar refractivity (Wildman–Crippen MR) is 150 cm³/mol. The Morgan fingerprint density at radius 3 is 2.51 bits per heavy atom. The molecule has 14 heteroatoms. The number of thiazole rings is 1. The van der Waals surface area contributed by atoms with Crippen LogP contribution in [0.2, 0.25) is 0 Å². The normalized spacial score (nSPS) is 19.4. The number of hydrogen-bond donors (Lipinski definition) is 4. The number of aliphatic hydroxyl groups is 1. The van der Waals surface area contributed by atoms with Gasteiger partial charge in [0.15, 0.2) is 5.13 Å². The Morgan fingerprint density at radius 1 is 1.14 bits per heavy atom. The Balaban J connectivity index is 1.36. The van der Waals surface area contributed by atoms with E-state index in [4.69, 9.17) is 10.5 Å². The van der Waals surface area contributed by atoms with E-state index < -0.39 is 47.1 Å². The first-order valence-electron chi connectivity index (χ1n) is 13.3. The van der Waals surface area contributed by atoms with Gasteiger partial charge in [0.25, 0.3) is 5.91 Å². The standard InChI is InChI=1S/C29H25F4N5O4S/c1-27(25(34)40)13-42-23-18(27)11-21(38-22(23)14-2-5-16(30)6-3-14)28(41,29(31,32)33)12-35-24(39)15-4-9-19-20(10-15)43-26(37-19)36-17-7-8-17/h2-6,9-11,17,41H,7-8,12-13H2,1H3,(H2,34,40)(H,35,39)(H,36,37)/t27-,28-/m0/s1. The highest BCUT2D eigenvalue weighted by molar-refractivity contribution is 7.22. The second kappa shape index (κ2) is 10.2. The minimum absolute atomic E-state index is 0.0152. The van der Waals surface area contributed by atoms with Gasteiger partial charge >= 0.3 is 6.18 Å². The smallest absolute Gasteiger partial charge is 0.424 e. The Kier molecular flexibility index (Phi) is 6.80. The molecule has 0 spiro atoms. The lowest BCUT2D eigenvalue weighted by Gasteiger charge is -2.31. The number of fused-ring (bicyclic) bond motifs is 2. The number of alkyl halides is 3. The summed E-state index contributed by atoms with van der Waals surface area (Å²) >= 11 is 1.32. The van der Waals surface area contributed by atoms with Crippen molar-refractivity contribution in [2.24, 2.45) is 5.73 Å². The summed E-state index contributed by atoms with van der Waals surface area (Å²) in [6.45, 7) is -0.182. The molecule has 0 saturated heterocycles. The second-order valence-electron chi connectivity index (χ2n) is 10.9. The second-order valence-corrected chi connectivity index (χ2v) is 11.9. The zero-order valence-electron chi connectivity index (χ0n) is 22.6. The van der Waals surface area contributed by atoms with Gasteiger partial charge in [0, 0.05) is 22.7 Å². The molecule has 9 nitrogen and oxygen atoms in total. The van der Waals surface area contributed by atoms with Gasteiger partial charge in [0.05, 0.1) is 22.5 Å². The molecule has 224 valence electrons. The van der Waals surface area contributed by atoms with Crippen molar-refractivity contribution in [3.8, 4) is 17.0 Å². The maximum Gasteiger partial charge on any atom is 0.424 e. The summed E-state index contributed by atoms with van der Waals surface area (Å²) in [5.74, 6) is -2.34. The van der Waals surface area contributed by atoms with Crippen LogP contribution in [-0.4, -0.2) is 52.3 Å². The largest absolute Gasteiger partial charge is 0.489 e. The molecule has 43 heavy (non-hydrogen) atoms. The Morgan fingerprint density at radius 2 is 1.86 bits per heavy atom. The van der Waals surface area contributed by atoms with E-state index in [9.17, 15) is 32.3 Å². The number of primary amides is 1. The van der Waals surface area contributed by atoms with E-state index in [2.05, 4.69) is 20.6 Å². The van der Waals surface area contributed by atoms with Crippen molar-refractivity contribution in [2.45, 2.75) is 43.0 Å². The Labute approximate surface area is 246 Å². The minimum Gasteiger partial charge on any atom is -0.489 e. The van der Waals surface area contributed by atoms with E-state index in [-0.39, 0.29) is 34.7 Å². The molecular weight excluding hydrogens is 590 g/mol. The molecule has 1 aliphatic heterocycles. The highest BCUT2D eigenvalue weighted by Crippen LogP contribution is 2.47. The zero-order chi connectivity index (χ0) is 30.7. The number of halogens is 4. The highest BCUT2D eigenvalue weighted by atomic mass is 32.1. The maximum atomic E-state index is 14.6. The molecule has 1 aliphatic carbocycles. The summed E-state index contributed by atoms with van der Waals surface area (Å²) in [4.78, 5) is 34.0. The number of benzene rings is 2. The number of pyridine rings is 1. The van der Waals surface area contributed by atoms with Crippen molar-refractivity contribution in [1.29, 1.82) is 0 Å². The number of amides is 2. The van der Waals surface area contributed by atoms with Crippen molar-refractivity contribution in [3.63, 3.8) is 0 Å². The first-order valence-corrected chi connectivity index (χ1v) is 14.1. The lowest BCUT2D eigenvalue weighted by atomic mass is 9.81. The minimum atomic E-state index is -5.32. The van der Waals surface area contributed by atoms with Gasteiger partial charge in [-0.05, 0) is 68.3 Å². The molecule has 2 aliphatic rings. The van der Waals surface area contributed by atoms with Gasteiger partial charge in [0.1, 0.15) is 29.3 Å². The van der Waals surface area contributed by atoms with Gasteiger partial charge in [-0.1, -0.05) is 11.3 Å². The summed E-state index contributed by atoms with van der Waals surface area (Å²) in [6.07, 6.45) is -3.23. The van der Waals surface area contributed by atoms with Crippen LogP contribution in [-0.2, 0) is 15.8 Å². The number of hydrogen-bond acceptors (Lipinski definition) is 8. The van der Waals surface area contributed by atoms with E-state index in [1.54, 1.807) is 6.07 Å². The lowest BCUT2D eigenvalue weighted by molar-refractivity contribution is -0.265. The molecule has 1 saturated carbocycles. The summed E-state index contributed by atoms with van der Waals surface area (Å²) < 4.78 is 63.8. The number of carbonyl (C=O) groups is 2. The number of carbonyl (C=O) groups excluding carboxylic acids is 2. The SMILES string of the molecule is C[C@]1(C(N)=O)COc2c1cc([C@@](O)(CNC(=O)c1ccc3nc(NC4CC4)sc3c1)C(F)(F)F)nc2-c1ccc(F)cc1. The van der Waals surface area contributed by atoms with Crippen LogP contribution in [0.15, 0.2) is 48.5 Å². The number of nitrogens with zero attached hydrogens (tertiary/aromatic N) is 2. The van der Waals surface area contributed by atoms with Crippen LogP contribution in [0.4, 0.5) is 22.7 Å². The zero-order valence-corrected chi connectivity index (χ0v) is 23.4. The van der Waals surface area contributed by atoms with Crippen molar-refractivity contribution < 1.29 is 37.0 Å². The van der Waals surface area contributed by atoms with Crippen LogP contribution in [0.3, 0.4) is 0 Å². The number of anilines is 1. The van der Waals surface area contributed by atoms with Gasteiger partial charge in [-0.25, -0.2) is 14.4 Å². The number of ether oxygens (including phenoxy) is 1. The van der Waals surface area contributed by atoms with Crippen LogP contribution in [0.25, 0.3) is 21.5 Å². The molecule has 1 fully saturated rings. The van der Waals surface area contributed by atoms with E-state index in [0.29, 0.717) is 21.4 Å². The van der Waals surface area contributed by atoms with Gasteiger partial charge in [-0.2, -0.15) is 13.2 Å². The number of aromatic nitrogens is 2. The van der Waals surface area contributed by atoms with E-state index >= 15 is 0 Å². The molecule has 4 aromatic rings. The average Bonchev–Trinajstić information content (AvgIpc) is 3.58. The molecular formula is C29H25F4N5O4S. The quantitative estimate of drug-likeness (QED) is 0.216. The molecule has 0 bridgehead atoms. The number of rotatable bonds is 8. The first kappa shape index (κ1) is 28.8. The van der Waals surface area contributed by atoms with Gasteiger partial charge in [-0.15, -0.1) is 0 Å². The van der Waals surface area contributed by atoms with Gasteiger partial charge < -0.3 is 26.2 Å². The van der Waals surface area contributed by atoms with E-state index in [1.807, 2.05) is 0 Å². The fourth-order valence-corrected chi connectivity index (χ4v) is 5.76. The molecule has 6 rings (SSSR count). The molecule has 0 unspecified atom stereocenters. The third-order valence-corrected chi connectivity index (χ3v) is 8.64. The van der Waals surface area contributed by atoms with Crippen molar-refractivity contribution in [3.05, 3.63) is 71.2 Å². The highest BCUT2D eigenvalue weighted by Gasteiger charge is 2.57. The van der Waals surface area contributed by atoms with Gasteiger partial charge in [0.2, 0.25) is 11.5 Å². The average molecular weight is 616 g/mol. The third kappa shape index (κ3) is 5.14. The molecule has 2 aromatic heterocycles. The van der Waals surface area contributed by atoms with E-state index in [0.717, 1.165) is 31.0 Å². The first-order chi connectivity index (χ1) is 20.3. The molecule has 2 aromatic carbocycles. The van der Waals surface area contributed by atoms with Gasteiger partial charge in [-0.3, -0.25) is 9.59 Å². The van der Waals surface area contributed by atoms with Crippen LogP contribution in [0.5, 0.6) is 5.75 Å². The van der Waals surface area contributed by atoms with Crippen LogP contribution < -0.4 is 21.1 Å². The summed E-state index contributed by atoms with van der Waals surface area (Å²) in [5.41, 5.74) is 0.157. The van der Waals surface area contributed by atoms with Crippen LogP contribution >= 0.6 is 11.3 Å². The van der Waals surface area contributed by atoms with Crippen LogP contribution in [0, 0.1) is 5.82 Å². The Bertz CT molecular complexity index is 1760. The third-order valence-electron chi connectivity index (χ3n) is 7.69. The predicted octanol–water partition coefficient (Wildman–Crippen LogP) is 4.39. The van der Waals surface area contributed by atoms with Crippen molar-refractivity contribution in [1.82, 2.24) is 15.3 Å². The van der Waals surface area contributed by atoms with Crippen molar-refractivity contribution >= 4 is 38.5 Å². The monoisotopic (exact) mass is 615 g/mol. The number of nitrogens with two attached hydrogens (primary N) is 1. The topological polar surface area (TPSA) is 139 Å². The molecule has 0 radical (unpaired) electrons. The maximum absolute atomic E-state index is 14.6. The Hall–Kier alpha value is -4.30.